The van der Waals surface area contributed by atoms with E-state index in [4.69, 9.17) is 0 Å². The first-order valence-corrected chi connectivity index (χ1v) is 7.51. The van der Waals surface area contributed by atoms with Crippen molar-refractivity contribution >= 4 is 36.4 Å². The molecule has 8 heteroatoms. The van der Waals surface area contributed by atoms with Gasteiger partial charge in [0.25, 0.3) is 0 Å². The summed E-state index contributed by atoms with van der Waals surface area (Å²) in [6.45, 7) is 2.34. The van der Waals surface area contributed by atoms with Gasteiger partial charge in [0.05, 0.1) is 0 Å². The van der Waals surface area contributed by atoms with Crippen LogP contribution in [-0.4, -0.2) is 52.1 Å². The molecule has 0 aromatic carbocycles. The van der Waals surface area contributed by atoms with Crippen molar-refractivity contribution in [1.29, 1.82) is 0 Å². The van der Waals surface area contributed by atoms with Crippen LogP contribution in [0.15, 0.2) is 24.4 Å². The van der Waals surface area contributed by atoms with Gasteiger partial charge in [-0.25, -0.2) is 0 Å². The molecule has 128 valence electrons. The number of hydrogen-bond donors (Lipinski definition) is 1. The van der Waals surface area contributed by atoms with Crippen molar-refractivity contribution in [1.82, 2.24) is 24.8 Å². The summed E-state index contributed by atoms with van der Waals surface area (Å²) >= 11 is 0. The summed E-state index contributed by atoms with van der Waals surface area (Å²) < 4.78 is 2.03. The van der Waals surface area contributed by atoms with E-state index in [1.807, 2.05) is 40.7 Å². The van der Waals surface area contributed by atoms with Crippen LogP contribution in [0, 0.1) is 0 Å². The summed E-state index contributed by atoms with van der Waals surface area (Å²) in [5.74, 6) is 1.47. The lowest BCUT2D eigenvalue weighted by atomic mass is 9.97. The fourth-order valence-electron chi connectivity index (χ4n) is 2.94. The molecular formula is C15H23Cl2N5O. The first kappa shape index (κ1) is 19.7. The molecule has 1 N–H and O–H groups in total. The van der Waals surface area contributed by atoms with E-state index in [2.05, 4.69) is 15.5 Å². The molecule has 23 heavy (non-hydrogen) atoms. The summed E-state index contributed by atoms with van der Waals surface area (Å²) in [6.07, 6.45) is 4.64. The highest BCUT2D eigenvalue weighted by Gasteiger charge is 2.27. The van der Waals surface area contributed by atoms with Gasteiger partial charge in [-0.15, -0.1) is 35.0 Å². The van der Waals surface area contributed by atoms with Gasteiger partial charge >= 0.3 is 0 Å². The molecule has 1 amide bonds. The Morgan fingerprint density at radius 1 is 1.35 bits per heavy atom. The van der Waals surface area contributed by atoms with E-state index in [-0.39, 0.29) is 36.6 Å². The Kier molecular flexibility index (Phi) is 7.75. The van der Waals surface area contributed by atoms with E-state index in [0.717, 1.165) is 43.9 Å². The molecule has 1 aliphatic heterocycles. The highest BCUT2D eigenvalue weighted by molar-refractivity contribution is 5.85. The molecule has 1 unspecified atom stereocenters. The van der Waals surface area contributed by atoms with Gasteiger partial charge in [-0.05, 0) is 32.0 Å². The molecule has 1 fully saturated rings. The topological polar surface area (TPSA) is 62.5 Å². The Balaban J connectivity index is 0.00000132. The normalized spacial score (nSPS) is 17.4. The van der Waals surface area contributed by atoms with Crippen LogP contribution in [0.1, 0.15) is 31.0 Å². The summed E-state index contributed by atoms with van der Waals surface area (Å²) in [5, 5.41) is 11.6. The van der Waals surface area contributed by atoms with E-state index in [9.17, 15) is 4.79 Å². The van der Waals surface area contributed by atoms with Gasteiger partial charge in [0.1, 0.15) is 5.82 Å². The number of piperidine rings is 1. The number of halogens is 2. The molecule has 2 aromatic rings. The Bertz CT molecular complexity index is 633. The monoisotopic (exact) mass is 359 g/mol. The number of pyridine rings is 1. The molecule has 0 spiro atoms. The summed E-state index contributed by atoms with van der Waals surface area (Å²) in [4.78, 5) is 14.1. The van der Waals surface area contributed by atoms with Gasteiger partial charge in [0, 0.05) is 38.2 Å². The standard InChI is InChI=1S/C15H21N5O.2ClH/c1-16-8-7-14(21)19-9-4-5-12(11-19)15-18-17-13-6-2-3-10-20(13)15;;/h2-3,6,10,12,16H,4-5,7-9,11H2,1H3;2*1H. The predicted molar refractivity (Wildman–Crippen MR) is 94.6 cm³/mol. The van der Waals surface area contributed by atoms with Crippen molar-refractivity contribution in [3.05, 3.63) is 30.2 Å². The number of carbonyl (C=O) groups excluding carboxylic acids is 1. The van der Waals surface area contributed by atoms with E-state index in [0.29, 0.717) is 6.42 Å². The van der Waals surface area contributed by atoms with E-state index < -0.39 is 0 Å². The highest BCUT2D eigenvalue weighted by atomic mass is 35.5. The molecule has 0 aliphatic carbocycles. The molecule has 1 aliphatic rings. The van der Waals surface area contributed by atoms with Crippen molar-refractivity contribution in [2.24, 2.45) is 0 Å². The smallest absolute Gasteiger partial charge is 0.223 e. The van der Waals surface area contributed by atoms with Gasteiger partial charge in [0.2, 0.25) is 5.91 Å². The number of nitrogens with one attached hydrogen (secondary N) is 1. The van der Waals surface area contributed by atoms with Crippen molar-refractivity contribution in [2.75, 3.05) is 26.7 Å². The fourth-order valence-corrected chi connectivity index (χ4v) is 2.94. The Morgan fingerprint density at radius 3 is 2.96 bits per heavy atom. The number of nitrogens with zero attached hydrogens (tertiary/aromatic N) is 4. The van der Waals surface area contributed by atoms with Gasteiger partial charge < -0.3 is 10.2 Å². The largest absolute Gasteiger partial charge is 0.342 e. The second-order valence-corrected chi connectivity index (χ2v) is 5.52. The maximum absolute atomic E-state index is 12.2. The van der Waals surface area contributed by atoms with E-state index in [1.54, 1.807) is 0 Å². The number of hydrogen-bond acceptors (Lipinski definition) is 4. The minimum Gasteiger partial charge on any atom is -0.342 e. The van der Waals surface area contributed by atoms with Crippen LogP contribution >= 0.6 is 24.8 Å². The summed E-state index contributed by atoms with van der Waals surface area (Å²) in [7, 11) is 1.87. The average Bonchev–Trinajstić information content (AvgIpc) is 2.97. The number of aromatic nitrogens is 3. The first-order chi connectivity index (χ1) is 10.3. The van der Waals surface area contributed by atoms with E-state index in [1.165, 1.54) is 0 Å². The summed E-state index contributed by atoms with van der Waals surface area (Å²) in [6, 6.07) is 5.90. The lowest BCUT2D eigenvalue weighted by Crippen LogP contribution is -2.40. The number of likely N-dealkylation sites (tertiary alicyclic amines) is 1. The van der Waals surface area contributed by atoms with Crippen LogP contribution in [-0.2, 0) is 4.79 Å². The van der Waals surface area contributed by atoms with Gasteiger partial charge in [-0.2, -0.15) is 0 Å². The van der Waals surface area contributed by atoms with Crippen molar-refractivity contribution in [2.45, 2.75) is 25.2 Å². The average molecular weight is 360 g/mol. The molecule has 6 nitrogen and oxygen atoms in total. The van der Waals surface area contributed by atoms with Crippen LogP contribution in [0.2, 0.25) is 0 Å². The first-order valence-electron chi connectivity index (χ1n) is 7.51. The Hall–Kier alpha value is -1.37. The SMILES string of the molecule is CNCCC(=O)N1CCCC(c2nnc3ccccn23)C1.Cl.Cl. The maximum atomic E-state index is 12.2. The van der Waals surface area contributed by atoms with Crippen LogP contribution < -0.4 is 5.32 Å². The third kappa shape index (κ3) is 4.34. The van der Waals surface area contributed by atoms with E-state index >= 15 is 0 Å². The maximum Gasteiger partial charge on any atom is 0.223 e. The highest BCUT2D eigenvalue weighted by Crippen LogP contribution is 2.26. The van der Waals surface area contributed by atoms with Crippen molar-refractivity contribution in [3.63, 3.8) is 0 Å². The van der Waals surface area contributed by atoms with Crippen molar-refractivity contribution in [3.8, 4) is 0 Å². The second-order valence-electron chi connectivity index (χ2n) is 5.52. The number of rotatable bonds is 4. The van der Waals surface area contributed by atoms with Crippen LogP contribution in [0.3, 0.4) is 0 Å². The lowest BCUT2D eigenvalue weighted by Gasteiger charge is -2.32. The quantitative estimate of drug-likeness (QED) is 0.905. The second kappa shape index (κ2) is 9.05. The summed E-state index contributed by atoms with van der Waals surface area (Å²) in [5.41, 5.74) is 0.867. The zero-order valence-corrected chi connectivity index (χ0v) is 14.8. The number of carbonyl (C=O) groups is 1. The van der Waals surface area contributed by atoms with Gasteiger partial charge in [-0.3, -0.25) is 9.20 Å². The molecule has 1 saturated heterocycles. The number of amides is 1. The molecular weight excluding hydrogens is 337 g/mol. The van der Waals surface area contributed by atoms with Crippen LogP contribution in [0.25, 0.3) is 5.65 Å². The predicted octanol–water partition coefficient (Wildman–Crippen LogP) is 1.89. The van der Waals surface area contributed by atoms with Gasteiger partial charge in [0.15, 0.2) is 5.65 Å². The Labute approximate surface area is 148 Å². The third-order valence-electron chi connectivity index (χ3n) is 4.07. The zero-order valence-electron chi connectivity index (χ0n) is 13.1. The van der Waals surface area contributed by atoms with Crippen molar-refractivity contribution < 1.29 is 4.79 Å². The molecule has 3 heterocycles. The fraction of sp³-hybridized carbons (Fsp3) is 0.533. The van der Waals surface area contributed by atoms with Gasteiger partial charge in [-0.1, -0.05) is 6.07 Å². The van der Waals surface area contributed by atoms with Crippen LogP contribution in [0.4, 0.5) is 0 Å². The number of fused-ring (bicyclic) bond motifs is 1. The molecule has 3 rings (SSSR count). The molecule has 0 saturated carbocycles. The molecule has 1 atom stereocenters. The molecule has 2 aromatic heterocycles. The third-order valence-corrected chi connectivity index (χ3v) is 4.07. The van der Waals surface area contributed by atoms with Crippen LogP contribution in [0.5, 0.6) is 0 Å². The Morgan fingerprint density at radius 2 is 2.17 bits per heavy atom. The zero-order chi connectivity index (χ0) is 14.7. The minimum absolute atomic E-state index is 0. The molecule has 0 radical (unpaired) electrons. The molecule has 0 bridgehead atoms. The minimum atomic E-state index is 0. The lowest BCUT2D eigenvalue weighted by molar-refractivity contribution is -0.132.